The molecule has 2 aromatic rings. The first-order valence-corrected chi connectivity index (χ1v) is 6.87. The smallest absolute Gasteiger partial charge is 0.212 e. The summed E-state index contributed by atoms with van der Waals surface area (Å²) in [5, 5.41) is 10.2. The van der Waals surface area contributed by atoms with Crippen molar-refractivity contribution >= 4 is 22.2 Å². The Labute approximate surface area is 111 Å². The Balaban J connectivity index is 2.27. The Bertz CT molecular complexity index is 492. The third-order valence-corrected chi connectivity index (χ3v) is 3.54. The average molecular weight is 262 g/mol. The Hall–Kier alpha value is -1.46. The molecule has 2 rings (SSSR count). The summed E-state index contributed by atoms with van der Waals surface area (Å²) in [5.41, 5.74) is 8.00. The number of aromatic nitrogens is 2. The molecular weight excluding hydrogens is 244 g/mol. The lowest BCUT2D eigenvalue weighted by atomic mass is 10.2. The fourth-order valence-corrected chi connectivity index (χ4v) is 2.44. The van der Waals surface area contributed by atoms with E-state index in [0.717, 1.165) is 28.8 Å². The Kier molecular flexibility index (Phi) is 4.28. The molecule has 1 aromatic carbocycles. The molecule has 0 aliphatic rings. The quantitative estimate of drug-likeness (QED) is 0.900. The Morgan fingerprint density at radius 1 is 1.17 bits per heavy atom. The fourth-order valence-electron chi connectivity index (χ4n) is 1.70. The van der Waals surface area contributed by atoms with Crippen LogP contribution in [0.1, 0.15) is 17.0 Å². The van der Waals surface area contributed by atoms with Crippen molar-refractivity contribution in [3.8, 4) is 0 Å². The van der Waals surface area contributed by atoms with Crippen LogP contribution in [0.3, 0.4) is 0 Å². The number of hydrogen-bond acceptors (Lipinski definition) is 5. The minimum atomic E-state index is 0.681. The molecule has 0 atom stereocenters. The van der Waals surface area contributed by atoms with Crippen LogP contribution in [0.2, 0.25) is 0 Å². The lowest BCUT2D eigenvalue weighted by molar-refractivity contribution is 0.810. The van der Waals surface area contributed by atoms with E-state index >= 15 is 0 Å². The van der Waals surface area contributed by atoms with Gasteiger partial charge in [-0.3, -0.25) is 0 Å². The highest BCUT2D eigenvalue weighted by molar-refractivity contribution is 7.15. The summed E-state index contributed by atoms with van der Waals surface area (Å²) in [7, 11) is 0. The van der Waals surface area contributed by atoms with Crippen molar-refractivity contribution < 1.29 is 0 Å². The molecule has 4 nitrogen and oxygen atoms in total. The van der Waals surface area contributed by atoms with Crippen LogP contribution < -0.4 is 10.6 Å². The third kappa shape index (κ3) is 3.05. The van der Waals surface area contributed by atoms with Crippen molar-refractivity contribution in [2.24, 2.45) is 5.73 Å². The van der Waals surface area contributed by atoms with Gasteiger partial charge in [0, 0.05) is 12.2 Å². The lowest BCUT2D eigenvalue weighted by Gasteiger charge is -2.21. The van der Waals surface area contributed by atoms with Crippen molar-refractivity contribution in [3.05, 3.63) is 34.8 Å². The molecule has 0 unspecified atom stereocenters. The number of anilines is 2. The molecule has 0 saturated heterocycles. The topological polar surface area (TPSA) is 55.0 Å². The van der Waals surface area contributed by atoms with E-state index in [1.165, 1.54) is 5.56 Å². The molecule has 0 aliphatic carbocycles. The van der Waals surface area contributed by atoms with E-state index in [1.54, 1.807) is 11.3 Å². The molecule has 0 amide bonds. The molecule has 0 aliphatic heterocycles. The van der Waals surface area contributed by atoms with Gasteiger partial charge in [0.25, 0.3) is 0 Å². The molecule has 0 radical (unpaired) electrons. The highest BCUT2D eigenvalue weighted by Gasteiger charge is 2.12. The van der Waals surface area contributed by atoms with Crippen LogP contribution >= 0.6 is 11.3 Å². The molecule has 2 N–H and O–H groups in total. The van der Waals surface area contributed by atoms with E-state index in [9.17, 15) is 0 Å². The van der Waals surface area contributed by atoms with Gasteiger partial charge in [-0.25, -0.2) is 0 Å². The molecule has 0 spiro atoms. The van der Waals surface area contributed by atoms with Gasteiger partial charge >= 0.3 is 0 Å². The molecule has 0 fully saturated rings. The number of nitrogens with zero attached hydrogens (tertiary/aromatic N) is 3. The van der Waals surface area contributed by atoms with E-state index in [0.29, 0.717) is 6.54 Å². The first-order chi connectivity index (χ1) is 8.70. The Morgan fingerprint density at radius 2 is 1.89 bits per heavy atom. The maximum absolute atomic E-state index is 5.60. The molecule has 5 heteroatoms. The van der Waals surface area contributed by atoms with Crippen molar-refractivity contribution in [3.63, 3.8) is 0 Å². The second-order valence-electron chi connectivity index (χ2n) is 4.23. The zero-order valence-electron chi connectivity index (χ0n) is 10.8. The zero-order chi connectivity index (χ0) is 13.0. The summed E-state index contributed by atoms with van der Waals surface area (Å²) in [5.74, 6) is 0. The number of aryl methyl sites for hydroxylation is 2. The van der Waals surface area contributed by atoms with Crippen molar-refractivity contribution in [2.45, 2.75) is 20.3 Å². The first kappa shape index (κ1) is 13.0. The average Bonchev–Trinajstić information content (AvgIpc) is 2.78. The molecule has 0 bridgehead atoms. The van der Waals surface area contributed by atoms with Gasteiger partial charge in [-0.1, -0.05) is 29.0 Å². The summed E-state index contributed by atoms with van der Waals surface area (Å²) in [6, 6.07) is 8.45. The van der Waals surface area contributed by atoms with E-state index < -0.39 is 0 Å². The third-order valence-electron chi connectivity index (χ3n) is 2.68. The highest BCUT2D eigenvalue weighted by Crippen LogP contribution is 2.28. The van der Waals surface area contributed by atoms with Gasteiger partial charge in [-0.2, -0.15) is 0 Å². The number of hydrogen-bond donors (Lipinski definition) is 1. The predicted octanol–water partition coefficient (Wildman–Crippen LogP) is 2.64. The van der Waals surface area contributed by atoms with Gasteiger partial charge in [0.1, 0.15) is 5.01 Å². The Morgan fingerprint density at radius 3 is 2.44 bits per heavy atom. The largest absolute Gasteiger partial charge is 0.330 e. The van der Waals surface area contributed by atoms with Crippen molar-refractivity contribution in [1.29, 1.82) is 0 Å². The fraction of sp³-hybridized carbons (Fsp3) is 0.385. The first-order valence-electron chi connectivity index (χ1n) is 6.05. The number of nitrogens with two attached hydrogens (primary N) is 1. The van der Waals surface area contributed by atoms with Crippen molar-refractivity contribution in [1.82, 2.24) is 10.2 Å². The van der Waals surface area contributed by atoms with Gasteiger partial charge < -0.3 is 10.6 Å². The van der Waals surface area contributed by atoms with Gasteiger partial charge in [-0.15, -0.1) is 10.2 Å². The summed E-state index contributed by atoms with van der Waals surface area (Å²) in [6.45, 7) is 5.61. The van der Waals surface area contributed by atoms with Crippen molar-refractivity contribution in [2.75, 3.05) is 18.0 Å². The normalized spacial score (nSPS) is 10.6. The van der Waals surface area contributed by atoms with Crippen LogP contribution in [0.25, 0.3) is 0 Å². The minimum Gasteiger partial charge on any atom is -0.330 e. The zero-order valence-corrected chi connectivity index (χ0v) is 11.6. The molecular formula is C13H18N4S. The molecule has 1 aromatic heterocycles. The van der Waals surface area contributed by atoms with Crippen LogP contribution in [-0.4, -0.2) is 23.3 Å². The van der Waals surface area contributed by atoms with Gasteiger partial charge in [0.15, 0.2) is 0 Å². The van der Waals surface area contributed by atoms with E-state index in [1.807, 2.05) is 6.92 Å². The number of benzene rings is 1. The molecule has 18 heavy (non-hydrogen) atoms. The van der Waals surface area contributed by atoms with Gasteiger partial charge in [0.05, 0.1) is 0 Å². The summed E-state index contributed by atoms with van der Waals surface area (Å²) >= 11 is 1.61. The summed E-state index contributed by atoms with van der Waals surface area (Å²) in [4.78, 5) is 2.18. The maximum atomic E-state index is 5.60. The molecule has 1 heterocycles. The highest BCUT2D eigenvalue weighted by atomic mass is 32.1. The van der Waals surface area contributed by atoms with Crippen LogP contribution in [0, 0.1) is 13.8 Å². The standard InChI is InChI=1S/C13H18N4S/c1-10-4-6-12(7-5-10)17(9-3-8-14)13-16-15-11(2)18-13/h4-7H,3,8-9,14H2,1-2H3. The van der Waals surface area contributed by atoms with Gasteiger partial charge in [-0.05, 0) is 38.9 Å². The second kappa shape index (κ2) is 5.93. The van der Waals surface area contributed by atoms with Crippen LogP contribution in [0.4, 0.5) is 10.8 Å². The van der Waals surface area contributed by atoms with Crippen LogP contribution in [0.15, 0.2) is 24.3 Å². The number of rotatable bonds is 5. The summed E-state index contributed by atoms with van der Waals surface area (Å²) in [6.07, 6.45) is 0.937. The van der Waals surface area contributed by atoms with Crippen LogP contribution in [-0.2, 0) is 0 Å². The maximum Gasteiger partial charge on any atom is 0.212 e. The summed E-state index contributed by atoms with van der Waals surface area (Å²) < 4.78 is 0. The van der Waals surface area contributed by atoms with Crippen LogP contribution in [0.5, 0.6) is 0 Å². The van der Waals surface area contributed by atoms with E-state index in [2.05, 4.69) is 46.3 Å². The molecule has 0 saturated carbocycles. The minimum absolute atomic E-state index is 0.681. The van der Waals surface area contributed by atoms with E-state index in [-0.39, 0.29) is 0 Å². The van der Waals surface area contributed by atoms with E-state index in [4.69, 9.17) is 5.73 Å². The monoisotopic (exact) mass is 262 g/mol. The SMILES string of the molecule is Cc1ccc(N(CCCN)c2nnc(C)s2)cc1. The second-order valence-corrected chi connectivity index (χ2v) is 5.39. The lowest BCUT2D eigenvalue weighted by Crippen LogP contribution is -2.20. The van der Waals surface area contributed by atoms with Gasteiger partial charge in [0.2, 0.25) is 5.13 Å². The predicted molar refractivity (Wildman–Crippen MR) is 76.5 cm³/mol. The molecule has 96 valence electrons.